The van der Waals surface area contributed by atoms with E-state index in [1.54, 1.807) is 11.3 Å². The predicted octanol–water partition coefficient (Wildman–Crippen LogP) is 5.41. The van der Waals surface area contributed by atoms with Gasteiger partial charge in [0.1, 0.15) is 0 Å². The smallest absolute Gasteiger partial charge is 0.186 e. The van der Waals surface area contributed by atoms with Crippen LogP contribution in [0.15, 0.2) is 54.6 Å². The summed E-state index contributed by atoms with van der Waals surface area (Å²) in [7, 11) is 0. The number of thiazole rings is 1. The van der Waals surface area contributed by atoms with Gasteiger partial charge >= 0.3 is 0 Å². The zero-order valence-electron chi connectivity index (χ0n) is 18.1. The van der Waals surface area contributed by atoms with Gasteiger partial charge in [0, 0.05) is 13.0 Å². The van der Waals surface area contributed by atoms with Crippen molar-refractivity contribution >= 4 is 22.3 Å². The van der Waals surface area contributed by atoms with Gasteiger partial charge in [0.05, 0.1) is 29.8 Å². The summed E-state index contributed by atoms with van der Waals surface area (Å²) >= 11 is 1.57. The fourth-order valence-corrected chi connectivity index (χ4v) is 5.80. The normalized spacial score (nSPS) is 20.5. The molecule has 5 rings (SSSR count). The maximum atomic E-state index is 12.7. The minimum absolute atomic E-state index is 0.00227. The SMILES string of the molecule is CC1(C)CC(=O)c2sc(N3CCOC[C@@H]3Cc3cccc(-c4ccccc4)c3)nc2C1. The number of hydrogen-bond donors (Lipinski definition) is 0. The second kappa shape index (κ2) is 8.21. The fourth-order valence-electron chi connectivity index (χ4n) is 4.69. The molecule has 0 saturated carbocycles. The zero-order valence-corrected chi connectivity index (χ0v) is 19.0. The van der Waals surface area contributed by atoms with Crippen molar-refractivity contribution in [2.45, 2.75) is 39.2 Å². The van der Waals surface area contributed by atoms with E-state index in [0.717, 1.165) is 35.1 Å². The van der Waals surface area contributed by atoms with Gasteiger partial charge in [-0.3, -0.25) is 4.79 Å². The Balaban J connectivity index is 1.40. The van der Waals surface area contributed by atoms with E-state index in [0.29, 0.717) is 19.6 Å². The quantitative estimate of drug-likeness (QED) is 0.553. The third-order valence-corrected chi connectivity index (χ3v) is 7.38. The number of hydrogen-bond acceptors (Lipinski definition) is 5. The molecule has 0 radical (unpaired) electrons. The van der Waals surface area contributed by atoms with Crippen LogP contribution in [0.25, 0.3) is 11.1 Å². The van der Waals surface area contributed by atoms with Crippen LogP contribution in [0.4, 0.5) is 5.13 Å². The van der Waals surface area contributed by atoms with Crippen LogP contribution < -0.4 is 4.90 Å². The lowest BCUT2D eigenvalue weighted by molar-refractivity contribution is 0.0915. The molecule has 2 aromatic carbocycles. The molecule has 1 aliphatic heterocycles. The van der Waals surface area contributed by atoms with Gasteiger partial charge in [-0.15, -0.1) is 0 Å². The Morgan fingerprint density at radius 1 is 1.10 bits per heavy atom. The van der Waals surface area contributed by atoms with E-state index >= 15 is 0 Å². The first-order valence-electron chi connectivity index (χ1n) is 11.0. The maximum absolute atomic E-state index is 12.7. The van der Waals surface area contributed by atoms with Crippen molar-refractivity contribution in [2.75, 3.05) is 24.7 Å². The number of aromatic nitrogens is 1. The van der Waals surface area contributed by atoms with Crippen molar-refractivity contribution in [3.63, 3.8) is 0 Å². The van der Waals surface area contributed by atoms with Crippen LogP contribution in [-0.4, -0.2) is 36.6 Å². The van der Waals surface area contributed by atoms with E-state index in [-0.39, 0.29) is 17.2 Å². The third kappa shape index (κ3) is 4.30. The second-order valence-corrected chi connectivity index (χ2v) is 10.4. The van der Waals surface area contributed by atoms with Crippen LogP contribution in [0.3, 0.4) is 0 Å². The molecule has 1 fully saturated rings. The van der Waals surface area contributed by atoms with Gasteiger partial charge in [-0.2, -0.15) is 0 Å². The predicted molar refractivity (Wildman–Crippen MR) is 126 cm³/mol. The first-order valence-corrected chi connectivity index (χ1v) is 11.8. The number of morpholine rings is 1. The number of Topliss-reactive ketones (excluding diaryl/α,β-unsaturated/α-hetero) is 1. The highest BCUT2D eigenvalue weighted by Crippen LogP contribution is 2.40. The Labute approximate surface area is 187 Å². The highest BCUT2D eigenvalue weighted by atomic mass is 32.1. The Hall–Kier alpha value is -2.50. The summed E-state index contributed by atoms with van der Waals surface area (Å²) in [4.78, 5) is 20.8. The monoisotopic (exact) mass is 432 g/mol. The average Bonchev–Trinajstić information content (AvgIpc) is 3.18. The molecule has 1 aliphatic carbocycles. The topological polar surface area (TPSA) is 42.4 Å². The molecule has 0 bridgehead atoms. The molecule has 0 amide bonds. The summed E-state index contributed by atoms with van der Waals surface area (Å²) in [6.07, 6.45) is 2.38. The highest BCUT2D eigenvalue weighted by molar-refractivity contribution is 7.17. The molecule has 2 aliphatic rings. The largest absolute Gasteiger partial charge is 0.377 e. The van der Waals surface area contributed by atoms with Gasteiger partial charge < -0.3 is 9.64 Å². The maximum Gasteiger partial charge on any atom is 0.186 e. The minimum atomic E-state index is -0.00227. The van der Waals surface area contributed by atoms with Crippen molar-refractivity contribution in [3.05, 3.63) is 70.7 Å². The van der Waals surface area contributed by atoms with Crippen molar-refractivity contribution in [1.82, 2.24) is 4.98 Å². The number of rotatable bonds is 4. The molecule has 1 aromatic heterocycles. The van der Waals surface area contributed by atoms with Gasteiger partial charge in [0.2, 0.25) is 0 Å². The van der Waals surface area contributed by atoms with Gasteiger partial charge in [0.15, 0.2) is 10.9 Å². The van der Waals surface area contributed by atoms with Gasteiger partial charge in [-0.25, -0.2) is 4.98 Å². The van der Waals surface area contributed by atoms with Crippen LogP contribution in [-0.2, 0) is 17.6 Å². The van der Waals surface area contributed by atoms with Crippen molar-refractivity contribution in [2.24, 2.45) is 5.41 Å². The number of ether oxygens (including phenoxy) is 1. The summed E-state index contributed by atoms with van der Waals surface area (Å²) in [5, 5.41) is 0.976. The van der Waals surface area contributed by atoms with Gasteiger partial charge in [0.25, 0.3) is 0 Å². The fraction of sp³-hybridized carbons (Fsp3) is 0.385. The number of benzene rings is 2. The van der Waals surface area contributed by atoms with Crippen molar-refractivity contribution in [3.8, 4) is 11.1 Å². The first kappa shape index (κ1) is 20.4. The Morgan fingerprint density at radius 3 is 2.74 bits per heavy atom. The standard InChI is InChI=1S/C26H28N2O2S/c1-26(2)15-22-24(23(29)16-26)31-25(27-22)28-11-12-30-17-21(28)14-18-7-6-10-20(13-18)19-8-4-3-5-9-19/h3-10,13,21H,11-12,14-17H2,1-2H3/t21-/m0/s1. The number of ketones is 1. The number of fused-ring (bicyclic) bond motifs is 1. The van der Waals surface area contributed by atoms with Crippen LogP contribution in [0.2, 0.25) is 0 Å². The zero-order chi connectivity index (χ0) is 21.4. The molecular weight excluding hydrogens is 404 g/mol. The molecule has 0 N–H and O–H groups in total. The van der Waals surface area contributed by atoms with E-state index in [1.165, 1.54) is 16.7 Å². The van der Waals surface area contributed by atoms with E-state index in [9.17, 15) is 4.79 Å². The lowest BCUT2D eigenvalue weighted by Gasteiger charge is -2.35. The number of carbonyl (C=O) groups excluding carboxylic acids is 1. The first-order chi connectivity index (χ1) is 15.0. The third-order valence-electron chi connectivity index (χ3n) is 6.20. The Kier molecular flexibility index (Phi) is 5.40. The van der Waals surface area contributed by atoms with Gasteiger partial charge in [-0.05, 0) is 34.9 Å². The number of nitrogens with zero attached hydrogens (tertiary/aromatic N) is 2. The molecule has 31 heavy (non-hydrogen) atoms. The average molecular weight is 433 g/mol. The van der Waals surface area contributed by atoms with Crippen LogP contribution in [0, 0.1) is 5.41 Å². The van der Waals surface area contributed by atoms with Crippen LogP contribution >= 0.6 is 11.3 Å². The minimum Gasteiger partial charge on any atom is -0.377 e. The van der Waals surface area contributed by atoms with E-state index in [2.05, 4.69) is 67.3 Å². The molecule has 0 spiro atoms. The molecule has 3 aromatic rings. The highest BCUT2D eigenvalue weighted by Gasteiger charge is 2.36. The van der Waals surface area contributed by atoms with Gasteiger partial charge in [-0.1, -0.05) is 79.8 Å². The molecule has 0 unspecified atom stereocenters. The lowest BCUT2D eigenvalue weighted by atomic mass is 9.78. The molecular formula is C26H28N2O2S. The van der Waals surface area contributed by atoms with E-state index in [4.69, 9.17) is 9.72 Å². The van der Waals surface area contributed by atoms with Crippen LogP contribution in [0.1, 0.15) is 41.2 Å². The molecule has 1 atom stereocenters. The molecule has 5 heteroatoms. The summed E-state index contributed by atoms with van der Waals surface area (Å²) < 4.78 is 5.85. The van der Waals surface area contributed by atoms with E-state index < -0.39 is 0 Å². The van der Waals surface area contributed by atoms with E-state index in [1.807, 2.05) is 6.07 Å². The summed E-state index contributed by atoms with van der Waals surface area (Å²) in [6, 6.07) is 19.5. The molecule has 160 valence electrons. The summed E-state index contributed by atoms with van der Waals surface area (Å²) in [6.45, 7) is 6.50. The molecule has 2 heterocycles. The Bertz CT molecular complexity index is 1090. The second-order valence-electron chi connectivity index (χ2n) is 9.41. The lowest BCUT2D eigenvalue weighted by Crippen LogP contribution is -2.46. The van der Waals surface area contributed by atoms with Crippen molar-refractivity contribution < 1.29 is 9.53 Å². The molecule has 4 nitrogen and oxygen atoms in total. The number of carbonyl (C=O) groups is 1. The van der Waals surface area contributed by atoms with Crippen molar-refractivity contribution in [1.29, 1.82) is 0 Å². The molecule has 1 saturated heterocycles. The summed E-state index contributed by atoms with van der Waals surface area (Å²) in [5.74, 6) is 0.246. The summed E-state index contributed by atoms with van der Waals surface area (Å²) in [5.41, 5.74) is 4.74. The van der Waals surface area contributed by atoms with Crippen LogP contribution in [0.5, 0.6) is 0 Å². The Morgan fingerprint density at radius 2 is 1.90 bits per heavy atom. The number of anilines is 1.